The SMILES string of the molecule is Cc1ccc2ncnc(NC3CCN(Cc4ccccc4C)CC3)c2c1. The zero-order valence-electron chi connectivity index (χ0n) is 15.6. The van der Waals surface area contributed by atoms with Gasteiger partial charge in [-0.25, -0.2) is 9.97 Å². The molecule has 134 valence electrons. The molecule has 4 rings (SSSR count). The van der Waals surface area contributed by atoms with E-state index in [2.05, 4.69) is 76.5 Å². The Hall–Kier alpha value is -2.46. The van der Waals surface area contributed by atoms with Crippen molar-refractivity contribution in [2.75, 3.05) is 18.4 Å². The van der Waals surface area contributed by atoms with Crippen LogP contribution in [-0.2, 0) is 6.54 Å². The lowest BCUT2D eigenvalue weighted by atomic mass is 10.0. The number of benzene rings is 2. The van der Waals surface area contributed by atoms with Crippen LogP contribution in [0.2, 0.25) is 0 Å². The highest BCUT2D eigenvalue weighted by molar-refractivity contribution is 5.89. The predicted molar refractivity (Wildman–Crippen MR) is 107 cm³/mol. The molecule has 0 bridgehead atoms. The quantitative estimate of drug-likeness (QED) is 0.764. The maximum absolute atomic E-state index is 4.50. The Morgan fingerprint density at radius 1 is 1.04 bits per heavy atom. The molecule has 2 heterocycles. The van der Waals surface area contributed by atoms with Crippen molar-refractivity contribution >= 4 is 16.7 Å². The average Bonchev–Trinajstić information content (AvgIpc) is 2.66. The second kappa shape index (κ2) is 7.42. The molecule has 26 heavy (non-hydrogen) atoms. The van der Waals surface area contributed by atoms with Crippen LogP contribution in [0.15, 0.2) is 48.8 Å². The van der Waals surface area contributed by atoms with Gasteiger partial charge in [0.25, 0.3) is 0 Å². The summed E-state index contributed by atoms with van der Waals surface area (Å²) in [5, 5.41) is 4.79. The van der Waals surface area contributed by atoms with Crippen molar-refractivity contribution in [3.63, 3.8) is 0 Å². The fourth-order valence-corrected chi connectivity index (χ4v) is 3.74. The van der Waals surface area contributed by atoms with Crippen LogP contribution < -0.4 is 5.32 Å². The first-order valence-electron chi connectivity index (χ1n) is 9.44. The molecule has 0 aliphatic carbocycles. The Morgan fingerprint density at radius 2 is 1.85 bits per heavy atom. The third kappa shape index (κ3) is 3.70. The number of anilines is 1. The number of aromatic nitrogens is 2. The van der Waals surface area contributed by atoms with Crippen LogP contribution in [0.4, 0.5) is 5.82 Å². The molecule has 4 nitrogen and oxygen atoms in total. The van der Waals surface area contributed by atoms with Gasteiger partial charge in [-0.2, -0.15) is 0 Å². The van der Waals surface area contributed by atoms with Gasteiger partial charge in [-0.3, -0.25) is 4.90 Å². The predicted octanol–water partition coefficient (Wildman–Crippen LogP) is 4.32. The summed E-state index contributed by atoms with van der Waals surface area (Å²) in [6.45, 7) is 7.60. The number of piperidine rings is 1. The molecule has 1 fully saturated rings. The minimum Gasteiger partial charge on any atom is -0.367 e. The van der Waals surface area contributed by atoms with Crippen molar-refractivity contribution in [2.45, 2.75) is 39.3 Å². The van der Waals surface area contributed by atoms with E-state index in [1.165, 1.54) is 16.7 Å². The smallest absolute Gasteiger partial charge is 0.137 e. The monoisotopic (exact) mass is 346 g/mol. The maximum atomic E-state index is 4.50. The molecule has 2 aromatic carbocycles. The van der Waals surface area contributed by atoms with Crippen LogP contribution in [-0.4, -0.2) is 34.0 Å². The molecule has 1 N–H and O–H groups in total. The molecule has 3 aromatic rings. The lowest BCUT2D eigenvalue weighted by Gasteiger charge is -2.33. The summed E-state index contributed by atoms with van der Waals surface area (Å²) in [5.74, 6) is 0.969. The van der Waals surface area contributed by atoms with Gasteiger partial charge in [0.2, 0.25) is 0 Å². The first-order chi connectivity index (χ1) is 12.7. The highest BCUT2D eigenvalue weighted by atomic mass is 15.1. The number of likely N-dealkylation sites (tertiary alicyclic amines) is 1. The van der Waals surface area contributed by atoms with Crippen LogP contribution >= 0.6 is 0 Å². The van der Waals surface area contributed by atoms with E-state index in [0.717, 1.165) is 49.2 Å². The maximum Gasteiger partial charge on any atom is 0.137 e. The van der Waals surface area contributed by atoms with E-state index in [1.54, 1.807) is 6.33 Å². The molecule has 0 saturated carbocycles. The minimum absolute atomic E-state index is 0.474. The number of hydrogen-bond donors (Lipinski definition) is 1. The Kier molecular flexibility index (Phi) is 4.85. The Labute approximate surface area is 155 Å². The summed E-state index contributed by atoms with van der Waals surface area (Å²) in [6.07, 6.45) is 3.94. The van der Waals surface area contributed by atoms with Gasteiger partial charge < -0.3 is 5.32 Å². The van der Waals surface area contributed by atoms with Crippen LogP contribution in [0, 0.1) is 13.8 Å². The van der Waals surface area contributed by atoms with Gasteiger partial charge in [0.1, 0.15) is 12.1 Å². The van der Waals surface area contributed by atoms with Crippen molar-refractivity contribution in [1.82, 2.24) is 14.9 Å². The number of rotatable bonds is 4. The van der Waals surface area contributed by atoms with E-state index in [9.17, 15) is 0 Å². The molecule has 0 radical (unpaired) electrons. The van der Waals surface area contributed by atoms with Gasteiger partial charge in [-0.05, 0) is 49.9 Å². The largest absolute Gasteiger partial charge is 0.367 e. The number of nitrogens with one attached hydrogen (secondary N) is 1. The fraction of sp³-hybridized carbons (Fsp3) is 0.364. The summed E-state index contributed by atoms with van der Waals surface area (Å²) in [6, 6.07) is 15.5. The van der Waals surface area contributed by atoms with Crippen molar-refractivity contribution in [2.24, 2.45) is 0 Å². The van der Waals surface area contributed by atoms with E-state index in [4.69, 9.17) is 0 Å². The first-order valence-corrected chi connectivity index (χ1v) is 9.44. The van der Waals surface area contributed by atoms with Crippen LogP contribution in [0.1, 0.15) is 29.5 Å². The molecular weight excluding hydrogens is 320 g/mol. The normalized spacial score (nSPS) is 16.1. The number of hydrogen-bond acceptors (Lipinski definition) is 4. The summed E-state index contributed by atoms with van der Waals surface area (Å²) >= 11 is 0. The molecule has 1 aliphatic heterocycles. The van der Waals surface area contributed by atoms with E-state index >= 15 is 0 Å². The Bertz CT molecular complexity index is 898. The Balaban J connectivity index is 1.40. The van der Waals surface area contributed by atoms with Gasteiger partial charge >= 0.3 is 0 Å². The zero-order valence-corrected chi connectivity index (χ0v) is 15.6. The topological polar surface area (TPSA) is 41.1 Å². The highest BCUT2D eigenvalue weighted by Crippen LogP contribution is 2.24. The van der Waals surface area contributed by atoms with Crippen molar-refractivity contribution in [3.05, 3.63) is 65.5 Å². The van der Waals surface area contributed by atoms with E-state index in [-0.39, 0.29) is 0 Å². The molecule has 4 heteroatoms. The Morgan fingerprint density at radius 3 is 2.65 bits per heavy atom. The van der Waals surface area contributed by atoms with Crippen molar-refractivity contribution in [3.8, 4) is 0 Å². The molecular formula is C22H26N4. The second-order valence-corrected chi connectivity index (χ2v) is 7.36. The summed E-state index contributed by atoms with van der Waals surface area (Å²) in [4.78, 5) is 11.4. The second-order valence-electron chi connectivity index (χ2n) is 7.36. The molecule has 0 spiro atoms. The lowest BCUT2D eigenvalue weighted by molar-refractivity contribution is 0.211. The van der Waals surface area contributed by atoms with Gasteiger partial charge in [0, 0.05) is 31.1 Å². The molecule has 1 saturated heterocycles. The molecule has 0 unspecified atom stereocenters. The fourth-order valence-electron chi connectivity index (χ4n) is 3.74. The standard InChI is InChI=1S/C22H26N4/c1-16-7-8-21-20(13-16)22(24-15-23-21)25-19-9-11-26(12-10-19)14-18-6-4-3-5-17(18)2/h3-8,13,15,19H,9-12,14H2,1-2H3,(H,23,24,25). The zero-order chi connectivity index (χ0) is 17.9. The van der Waals surface area contributed by atoms with E-state index in [0.29, 0.717) is 6.04 Å². The van der Waals surface area contributed by atoms with Gasteiger partial charge in [0.15, 0.2) is 0 Å². The van der Waals surface area contributed by atoms with Crippen LogP contribution in [0.3, 0.4) is 0 Å². The van der Waals surface area contributed by atoms with Crippen LogP contribution in [0.5, 0.6) is 0 Å². The van der Waals surface area contributed by atoms with Gasteiger partial charge in [-0.15, -0.1) is 0 Å². The molecule has 1 aromatic heterocycles. The summed E-state index contributed by atoms with van der Waals surface area (Å²) < 4.78 is 0. The average molecular weight is 346 g/mol. The third-order valence-corrected chi connectivity index (χ3v) is 5.37. The highest BCUT2D eigenvalue weighted by Gasteiger charge is 2.20. The van der Waals surface area contributed by atoms with Gasteiger partial charge in [0.05, 0.1) is 5.52 Å². The lowest BCUT2D eigenvalue weighted by Crippen LogP contribution is -2.39. The molecule has 0 atom stereocenters. The summed E-state index contributed by atoms with van der Waals surface area (Å²) in [7, 11) is 0. The van der Waals surface area contributed by atoms with Crippen molar-refractivity contribution < 1.29 is 0 Å². The van der Waals surface area contributed by atoms with E-state index < -0.39 is 0 Å². The number of aryl methyl sites for hydroxylation is 2. The first kappa shape index (κ1) is 17.0. The third-order valence-electron chi connectivity index (χ3n) is 5.37. The molecule has 0 amide bonds. The number of nitrogens with zero attached hydrogens (tertiary/aromatic N) is 3. The van der Waals surface area contributed by atoms with E-state index in [1.807, 2.05) is 0 Å². The summed E-state index contributed by atoms with van der Waals surface area (Å²) in [5.41, 5.74) is 5.07. The van der Waals surface area contributed by atoms with Crippen molar-refractivity contribution in [1.29, 1.82) is 0 Å². The van der Waals surface area contributed by atoms with Gasteiger partial charge in [-0.1, -0.05) is 35.9 Å². The minimum atomic E-state index is 0.474. The number of fused-ring (bicyclic) bond motifs is 1. The molecule has 1 aliphatic rings. The van der Waals surface area contributed by atoms with Crippen LogP contribution in [0.25, 0.3) is 10.9 Å².